The van der Waals surface area contributed by atoms with E-state index in [1.165, 1.54) is 0 Å². The van der Waals surface area contributed by atoms with Gasteiger partial charge in [-0.05, 0) is 24.5 Å². The van der Waals surface area contributed by atoms with Crippen LogP contribution in [-0.4, -0.2) is 30.5 Å². The van der Waals surface area contributed by atoms with Gasteiger partial charge >= 0.3 is 0 Å². The highest BCUT2D eigenvalue weighted by atomic mass is 16.2. The van der Waals surface area contributed by atoms with Crippen LogP contribution in [0, 0.1) is 0 Å². The number of nitrogens with two attached hydrogens (primary N) is 1. The minimum absolute atomic E-state index is 0.0622. The van der Waals surface area contributed by atoms with Crippen molar-refractivity contribution < 1.29 is 4.79 Å². The van der Waals surface area contributed by atoms with E-state index in [2.05, 4.69) is 15.2 Å². The Morgan fingerprint density at radius 2 is 2.47 bits per heavy atom. The smallest absolute Gasteiger partial charge is 0.242 e. The maximum absolute atomic E-state index is 11.7. The van der Waals surface area contributed by atoms with Gasteiger partial charge in [0.1, 0.15) is 11.9 Å². The third kappa shape index (κ3) is 2.39. The average Bonchev–Trinajstić information content (AvgIpc) is 2.87. The van der Waals surface area contributed by atoms with Gasteiger partial charge in [-0.3, -0.25) is 4.79 Å². The van der Waals surface area contributed by atoms with E-state index in [0.717, 1.165) is 30.8 Å². The molecule has 3 N–H and O–H groups in total. The first kappa shape index (κ1) is 11.9. The lowest BCUT2D eigenvalue weighted by molar-refractivity contribution is -0.121. The molecular weight excluding hydrogens is 216 g/mol. The fourth-order valence-corrected chi connectivity index (χ4v) is 2.19. The molecule has 0 bridgehead atoms. The molecule has 1 fully saturated rings. The Kier molecular flexibility index (Phi) is 3.58. The van der Waals surface area contributed by atoms with Crippen molar-refractivity contribution >= 4 is 11.7 Å². The summed E-state index contributed by atoms with van der Waals surface area (Å²) in [5, 5.41) is 2.70. The number of anilines is 1. The standard InChI is InChI=1S/C12H18N4O/c1-14-12(17)10-3-2-6-16(10)11-5-4-9(7-13)8-15-11/h4-5,8,10H,2-3,6-7,13H2,1H3,(H,14,17). The largest absolute Gasteiger partial charge is 0.357 e. The van der Waals surface area contributed by atoms with Crippen LogP contribution in [0.1, 0.15) is 18.4 Å². The Balaban J connectivity index is 2.17. The van der Waals surface area contributed by atoms with E-state index in [4.69, 9.17) is 5.73 Å². The van der Waals surface area contributed by atoms with Crippen molar-refractivity contribution in [2.75, 3.05) is 18.5 Å². The summed E-state index contributed by atoms with van der Waals surface area (Å²) in [7, 11) is 1.67. The predicted octanol–water partition coefficient (Wildman–Crippen LogP) is 0.255. The molecule has 1 aliphatic heterocycles. The molecule has 92 valence electrons. The summed E-state index contributed by atoms with van der Waals surface area (Å²) < 4.78 is 0. The maximum Gasteiger partial charge on any atom is 0.242 e. The molecule has 5 heteroatoms. The summed E-state index contributed by atoms with van der Waals surface area (Å²) in [4.78, 5) is 18.1. The van der Waals surface area contributed by atoms with E-state index in [0.29, 0.717) is 6.54 Å². The molecule has 1 unspecified atom stereocenters. The lowest BCUT2D eigenvalue weighted by Gasteiger charge is -2.24. The van der Waals surface area contributed by atoms with E-state index in [1.54, 1.807) is 13.2 Å². The molecule has 0 saturated carbocycles. The van der Waals surface area contributed by atoms with Gasteiger partial charge in [0.15, 0.2) is 0 Å². The fourth-order valence-electron chi connectivity index (χ4n) is 2.19. The Morgan fingerprint density at radius 1 is 1.65 bits per heavy atom. The van der Waals surface area contributed by atoms with Gasteiger partial charge in [0.05, 0.1) is 0 Å². The van der Waals surface area contributed by atoms with Crippen LogP contribution in [0.2, 0.25) is 0 Å². The van der Waals surface area contributed by atoms with Gasteiger partial charge in [0.2, 0.25) is 5.91 Å². The van der Waals surface area contributed by atoms with Crippen LogP contribution in [0.15, 0.2) is 18.3 Å². The molecule has 17 heavy (non-hydrogen) atoms. The Labute approximate surface area is 101 Å². The molecule has 5 nitrogen and oxygen atoms in total. The van der Waals surface area contributed by atoms with Gasteiger partial charge in [0, 0.05) is 26.3 Å². The Bertz CT molecular complexity index is 390. The first-order valence-electron chi connectivity index (χ1n) is 5.89. The van der Waals surface area contributed by atoms with Crippen molar-refractivity contribution in [3.8, 4) is 0 Å². The van der Waals surface area contributed by atoms with Gasteiger partial charge in [0.25, 0.3) is 0 Å². The van der Waals surface area contributed by atoms with E-state index in [1.807, 2.05) is 12.1 Å². The van der Waals surface area contributed by atoms with Crippen molar-refractivity contribution in [3.05, 3.63) is 23.9 Å². The third-order valence-corrected chi connectivity index (χ3v) is 3.14. The summed E-state index contributed by atoms with van der Waals surface area (Å²) >= 11 is 0. The number of carbonyl (C=O) groups excluding carboxylic acids is 1. The Morgan fingerprint density at radius 3 is 3.06 bits per heavy atom. The van der Waals surface area contributed by atoms with Gasteiger partial charge in [-0.2, -0.15) is 0 Å². The van der Waals surface area contributed by atoms with E-state index in [-0.39, 0.29) is 11.9 Å². The van der Waals surface area contributed by atoms with Gasteiger partial charge in [-0.15, -0.1) is 0 Å². The number of pyridine rings is 1. The number of likely N-dealkylation sites (N-methyl/N-ethyl adjacent to an activating group) is 1. The van der Waals surface area contributed by atoms with Gasteiger partial charge in [-0.25, -0.2) is 4.98 Å². The van der Waals surface area contributed by atoms with Crippen LogP contribution < -0.4 is 16.0 Å². The Hall–Kier alpha value is -1.62. The maximum atomic E-state index is 11.7. The van der Waals surface area contributed by atoms with Crippen molar-refractivity contribution in [2.45, 2.75) is 25.4 Å². The average molecular weight is 234 g/mol. The first-order chi connectivity index (χ1) is 8.26. The summed E-state index contributed by atoms with van der Waals surface area (Å²) in [5.41, 5.74) is 6.54. The molecule has 1 aromatic rings. The molecule has 0 aromatic carbocycles. The second-order valence-corrected chi connectivity index (χ2v) is 4.19. The highest BCUT2D eigenvalue weighted by Gasteiger charge is 2.30. The number of rotatable bonds is 3. The molecule has 0 spiro atoms. The number of nitrogens with one attached hydrogen (secondary N) is 1. The van der Waals surface area contributed by atoms with E-state index in [9.17, 15) is 4.79 Å². The third-order valence-electron chi connectivity index (χ3n) is 3.14. The zero-order valence-corrected chi connectivity index (χ0v) is 10.0. The first-order valence-corrected chi connectivity index (χ1v) is 5.89. The molecule has 2 heterocycles. The molecule has 1 amide bonds. The van der Waals surface area contributed by atoms with Crippen molar-refractivity contribution in [1.29, 1.82) is 0 Å². The van der Waals surface area contributed by atoms with Crippen molar-refractivity contribution in [3.63, 3.8) is 0 Å². The van der Waals surface area contributed by atoms with Gasteiger partial charge < -0.3 is 16.0 Å². The second-order valence-electron chi connectivity index (χ2n) is 4.19. The van der Waals surface area contributed by atoms with E-state index < -0.39 is 0 Å². The van der Waals surface area contributed by atoms with E-state index >= 15 is 0 Å². The van der Waals surface area contributed by atoms with Crippen LogP contribution in [0.5, 0.6) is 0 Å². The lowest BCUT2D eigenvalue weighted by Crippen LogP contribution is -2.42. The molecule has 1 aromatic heterocycles. The molecule has 2 rings (SSSR count). The van der Waals surface area contributed by atoms with Crippen molar-refractivity contribution in [1.82, 2.24) is 10.3 Å². The minimum Gasteiger partial charge on any atom is -0.357 e. The molecule has 1 saturated heterocycles. The number of aromatic nitrogens is 1. The molecule has 1 aliphatic rings. The van der Waals surface area contributed by atoms with Crippen LogP contribution in [-0.2, 0) is 11.3 Å². The van der Waals surface area contributed by atoms with Crippen LogP contribution in [0.25, 0.3) is 0 Å². The van der Waals surface area contributed by atoms with Crippen molar-refractivity contribution in [2.24, 2.45) is 5.73 Å². The van der Waals surface area contributed by atoms with Crippen LogP contribution in [0.4, 0.5) is 5.82 Å². The molecule has 1 atom stereocenters. The summed E-state index contributed by atoms with van der Waals surface area (Å²) in [6, 6.07) is 3.81. The molecule has 0 aliphatic carbocycles. The highest BCUT2D eigenvalue weighted by Crippen LogP contribution is 2.23. The SMILES string of the molecule is CNC(=O)C1CCCN1c1ccc(CN)cn1. The molecular formula is C12H18N4O. The monoisotopic (exact) mass is 234 g/mol. The van der Waals surface area contributed by atoms with Crippen LogP contribution >= 0.6 is 0 Å². The topological polar surface area (TPSA) is 71.2 Å². The number of carbonyl (C=O) groups is 1. The number of hydrogen-bond acceptors (Lipinski definition) is 4. The summed E-state index contributed by atoms with van der Waals surface area (Å²) in [6.07, 6.45) is 3.69. The highest BCUT2D eigenvalue weighted by molar-refractivity contribution is 5.85. The normalized spacial score (nSPS) is 19.4. The number of amides is 1. The lowest BCUT2D eigenvalue weighted by atomic mass is 10.2. The quantitative estimate of drug-likeness (QED) is 0.786. The van der Waals surface area contributed by atoms with Crippen LogP contribution in [0.3, 0.4) is 0 Å². The summed E-state index contributed by atoms with van der Waals surface area (Å²) in [5.74, 6) is 0.917. The zero-order chi connectivity index (χ0) is 12.3. The minimum atomic E-state index is -0.0868. The molecule has 0 radical (unpaired) electrons. The number of nitrogens with zero attached hydrogens (tertiary/aromatic N) is 2. The second kappa shape index (κ2) is 5.14. The summed E-state index contributed by atoms with van der Waals surface area (Å²) in [6.45, 7) is 1.37. The zero-order valence-electron chi connectivity index (χ0n) is 10.0. The van der Waals surface area contributed by atoms with Gasteiger partial charge in [-0.1, -0.05) is 6.07 Å². The predicted molar refractivity (Wildman–Crippen MR) is 66.6 cm³/mol. The number of hydrogen-bond donors (Lipinski definition) is 2. The fraction of sp³-hybridized carbons (Fsp3) is 0.500.